The fourth-order valence-electron chi connectivity index (χ4n) is 2.93. The van der Waals surface area contributed by atoms with Gasteiger partial charge in [0.2, 0.25) is 11.8 Å². The van der Waals surface area contributed by atoms with Crippen molar-refractivity contribution in [1.82, 2.24) is 10.6 Å². The zero-order chi connectivity index (χ0) is 26.9. The molecule has 0 aliphatic heterocycles. The van der Waals surface area contributed by atoms with Gasteiger partial charge in [0.25, 0.3) is 0 Å². The molecule has 214 valence electrons. The topological polar surface area (TPSA) is 114 Å². The highest BCUT2D eigenvalue weighted by Crippen LogP contribution is 2.10. The highest BCUT2D eigenvalue weighted by Gasteiger charge is 2.16. The van der Waals surface area contributed by atoms with E-state index in [2.05, 4.69) is 10.6 Å². The number of ether oxygens (including phenoxy) is 6. The third-order valence-corrected chi connectivity index (χ3v) is 4.90. The monoisotopic (exact) mass is 524 g/mol. The minimum absolute atomic E-state index is 0.0271. The van der Waals surface area contributed by atoms with Crippen LogP contribution in [0.4, 0.5) is 4.39 Å². The Bertz CT molecular complexity index is 528. The van der Waals surface area contributed by atoms with Crippen LogP contribution in [0.5, 0.6) is 0 Å². The van der Waals surface area contributed by atoms with E-state index in [0.29, 0.717) is 59.4 Å². The third-order valence-electron chi connectivity index (χ3n) is 4.90. The molecule has 0 aliphatic rings. The second-order valence-electron chi connectivity index (χ2n) is 8.47. The number of hydrogen-bond donors (Lipinski definition) is 2. The zero-order valence-corrected chi connectivity index (χ0v) is 22.7. The Morgan fingerprint density at radius 3 is 1.81 bits per heavy atom. The van der Waals surface area contributed by atoms with Gasteiger partial charge in [-0.1, -0.05) is 20.3 Å². The number of nitrogens with one attached hydrogen (secondary N) is 2. The molecule has 0 aliphatic carbocycles. The van der Waals surface area contributed by atoms with Gasteiger partial charge in [-0.2, -0.15) is 0 Å². The lowest BCUT2D eigenvalue weighted by molar-refractivity contribution is -0.127. The lowest BCUT2D eigenvalue weighted by Crippen LogP contribution is -2.36. The van der Waals surface area contributed by atoms with Crippen molar-refractivity contribution in [3.05, 3.63) is 0 Å². The highest BCUT2D eigenvalue weighted by molar-refractivity contribution is 5.78. The van der Waals surface area contributed by atoms with Gasteiger partial charge in [0.05, 0.1) is 78.7 Å². The Hall–Kier alpha value is -1.37. The Labute approximate surface area is 216 Å². The normalized spacial score (nSPS) is 13.1. The van der Waals surface area contributed by atoms with Crippen LogP contribution in [-0.4, -0.2) is 110 Å². The van der Waals surface area contributed by atoms with Crippen LogP contribution >= 0.6 is 0 Å². The molecular weight excluding hydrogens is 475 g/mol. The summed E-state index contributed by atoms with van der Waals surface area (Å²) in [6.07, 6.45) is 1.30. The summed E-state index contributed by atoms with van der Waals surface area (Å²) < 4.78 is 45.8. The summed E-state index contributed by atoms with van der Waals surface area (Å²) in [5, 5.41) is 5.36. The first-order chi connectivity index (χ1) is 17.4. The molecule has 36 heavy (non-hydrogen) atoms. The molecular formula is C25H49FN2O8. The summed E-state index contributed by atoms with van der Waals surface area (Å²) in [5.74, 6) is -0.294. The SMILES string of the molecule is CCCC(CC)C(=O)NCC(F)COCCOCCOCCOCCOCCNC(=O)COC(C)C. The van der Waals surface area contributed by atoms with E-state index in [1.165, 1.54) is 0 Å². The average Bonchev–Trinajstić information content (AvgIpc) is 2.86. The molecule has 0 radical (unpaired) electrons. The molecule has 0 bridgehead atoms. The number of carbonyl (C=O) groups is 2. The molecule has 0 aromatic heterocycles. The molecule has 0 rings (SSSR count). The molecule has 0 spiro atoms. The summed E-state index contributed by atoms with van der Waals surface area (Å²) in [6.45, 7) is 11.8. The molecule has 0 aromatic rings. The van der Waals surface area contributed by atoms with Gasteiger partial charge in [0.1, 0.15) is 12.8 Å². The van der Waals surface area contributed by atoms with E-state index in [1.54, 1.807) is 0 Å². The summed E-state index contributed by atoms with van der Waals surface area (Å²) in [5.41, 5.74) is 0. The van der Waals surface area contributed by atoms with Crippen molar-refractivity contribution in [3.8, 4) is 0 Å². The maximum absolute atomic E-state index is 13.8. The molecule has 10 nitrogen and oxygen atoms in total. The van der Waals surface area contributed by atoms with Crippen LogP contribution in [0.2, 0.25) is 0 Å². The fourth-order valence-corrected chi connectivity index (χ4v) is 2.93. The standard InChI is InChI=1S/C25H49FN2O8/c1-5-7-22(6-2)25(30)28-18-23(26)19-35-17-16-34-15-14-33-13-12-32-11-10-31-9-8-27-24(29)20-36-21(3)4/h21-23H,5-20H2,1-4H3,(H,27,29)(H,28,30). The Morgan fingerprint density at radius 1 is 0.778 bits per heavy atom. The molecule has 2 atom stereocenters. The Morgan fingerprint density at radius 2 is 1.31 bits per heavy atom. The second-order valence-corrected chi connectivity index (χ2v) is 8.47. The first-order valence-corrected chi connectivity index (χ1v) is 13.1. The fraction of sp³-hybridized carbons (Fsp3) is 0.920. The number of halogens is 1. The van der Waals surface area contributed by atoms with Crippen molar-refractivity contribution in [1.29, 1.82) is 0 Å². The molecule has 11 heteroatoms. The number of hydrogen-bond acceptors (Lipinski definition) is 8. The molecule has 0 fully saturated rings. The van der Waals surface area contributed by atoms with Crippen LogP contribution < -0.4 is 10.6 Å². The van der Waals surface area contributed by atoms with Gasteiger partial charge in [-0.05, 0) is 26.7 Å². The summed E-state index contributed by atoms with van der Waals surface area (Å²) >= 11 is 0. The van der Waals surface area contributed by atoms with Gasteiger partial charge in [-0.15, -0.1) is 0 Å². The number of amides is 2. The predicted molar refractivity (Wildman–Crippen MR) is 135 cm³/mol. The average molecular weight is 525 g/mol. The maximum Gasteiger partial charge on any atom is 0.246 e. The van der Waals surface area contributed by atoms with Crippen molar-refractivity contribution >= 4 is 11.8 Å². The van der Waals surface area contributed by atoms with Gasteiger partial charge in [-0.3, -0.25) is 9.59 Å². The highest BCUT2D eigenvalue weighted by atomic mass is 19.1. The summed E-state index contributed by atoms with van der Waals surface area (Å²) in [6, 6.07) is 0. The number of carbonyl (C=O) groups excluding carboxylic acids is 2. The largest absolute Gasteiger partial charge is 0.377 e. The quantitative estimate of drug-likeness (QED) is 0.165. The zero-order valence-electron chi connectivity index (χ0n) is 22.7. The van der Waals surface area contributed by atoms with E-state index in [1.807, 2.05) is 27.7 Å². The Kier molecular flexibility index (Phi) is 24.3. The minimum atomic E-state index is -1.24. The van der Waals surface area contributed by atoms with E-state index < -0.39 is 6.17 Å². The molecule has 0 saturated heterocycles. The van der Waals surface area contributed by atoms with E-state index in [4.69, 9.17) is 28.4 Å². The lowest BCUT2D eigenvalue weighted by atomic mass is 10.00. The lowest BCUT2D eigenvalue weighted by Gasteiger charge is -2.15. The van der Waals surface area contributed by atoms with E-state index in [-0.39, 0.29) is 50.2 Å². The summed E-state index contributed by atoms with van der Waals surface area (Å²) in [4.78, 5) is 23.4. The van der Waals surface area contributed by atoms with Crippen LogP contribution in [0.15, 0.2) is 0 Å². The predicted octanol–water partition coefficient (Wildman–Crippen LogP) is 1.89. The van der Waals surface area contributed by atoms with Crippen molar-refractivity contribution in [2.24, 2.45) is 5.92 Å². The third kappa shape index (κ3) is 23.1. The van der Waals surface area contributed by atoms with Crippen LogP contribution in [0, 0.1) is 5.92 Å². The van der Waals surface area contributed by atoms with Gasteiger partial charge < -0.3 is 39.1 Å². The molecule has 0 saturated carbocycles. The van der Waals surface area contributed by atoms with Crippen molar-refractivity contribution in [2.45, 2.75) is 59.2 Å². The van der Waals surface area contributed by atoms with E-state index >= 15 is 0 Å². The van der Waals surface area contributed by atoms with Crippen molar-refractivity contribution in [3.63, 3.8) is 0 Å². The van der Waals surface area contributed by atoms with Gasteiger partial charge in [0, 0.05) is 12.5 Å². The van der Waals surface area contributed by atoms with Gasteiger partial charge in [-0.25, -0.2) is 4.39 Å². The van der Waals surface area contributed by atoms with Crippen molar-refractivity contribution < 1.29 is 42.4 Å². The molecule has 0 heterocycles. The molecule has 2 N–H and O–H groups in total. The molecule has 2 amide bonds. The minimum Gasteiger partial charge on any atom is -0.377 e. The molecule has 2 unspecified atom stereocenters. The van der Waals surface area contributed by atoms with E-state index in [0.717, 1.165) is 19.3 Å². The van der Waals surface area contributed by atoms with Crippen LogP contribution in [-0.2, 0) is 38.0 Å². The number of rotatable bonds is 26. The Balaban J connectivity index is 3.33. The van der Waals surface area contributed by atoms with Gasteiger partial charge >= 0.3 is 0 Å². The smallest absolute Gasteiger partial charge is 0.246 e. The molecule has 0 aromatic carbocycles. The maximum atomic E-state index is 13.8. The first kappa shape index (κ1) is 34.6. The van der Waals surface area contributed by atoms with Crippen LogP contribution in [0.25, 0.3) is 0 Å². The number of alkyl halides is 1. The first-order valence-electron chi connectivity index (χ1n) is 13.1. The second kappa shape index (κ2) is 25.3. The van der Waals surface area contributed by atoms with Gasteiger partial charge in [0.15, 0.2) is 0 Å². The van der Waals surface area contributed by atoms with Crippen molar-refractivity contribution in [2.75, 3.05) is 85.8 Å². The van der Waals surface area contributed by atoms with Crippen LogP contribution in [0.3, 0.4) is 0 Å². The van der Waals surface area contributed by atoms with Crippen LogP contribution in [0.1, 0.15) is 47.0 Å². The van der Waals surface area contributed by atoms with E-state index in [9.17, 15) is 14.0 Å². The summed E-state index contributed by atoms with van der Waals surface area (Å²) in [7, 11) is 0.